The summed E-state index contributed by atoms with van der Waals surface area (Å²) < 4.78 is 39.8. The molecule has 0 unspecified atom stereocenters. The van der Waals surface area contributed by atoms with Crippen LogP contribution in [0.25, 0.3) is 0 Å². The lowest BCUT2D eigenvalue weighted by molar-refractivity contribution is 0.594. The Labute approximate surface area is 134 Å². The van der Waals surface area contributed by atoms with E-state index in [2.05, 4.69) is 15.9 Å². The second-order valence-electron chi connectivity index (χ2n) is 3.94. The van der Waals surface area contributed by atoms with Crippen LogP contribution in [0.3, 0.4) is 0 Å². The van der Waals surface area contributed by atoms with Crippen molar-refractivity contribution >= 4 is 54.6 Å². The molecule has 2 rings (SSSR count). The molecule has 0 fully saturated rings. The van der Waals surface area contributed by atoms with Crippen LogP contribution in [0, 0.1) is 5.82 Å². The minimum atomic E-state index is -3.76. The molecule has 1 aromatic heterocycles. The van der Waals surface area contributed by atoms with E-state index in [1.807, 2.05) is 0 Å². The Morgan fingerprint density at radius 1 is 1.40 bits per heavy atom. The van der Waals surface area contributed by atoms with Gasteiger partial charge in [0.15, 0.2) is 0 Å². The standard InChI is InChI=1S/C12H10BrClFNO2S2/c1-16(9-4-2-3-8(15)5-9)20(17,18)11-6-10(7-14)19-12(11)13/h2-6H,7H2,1H3. The van der Waals surface area contributed by atoms with E-state index < -0.39 is 15.8 Å². The number of sulfonamides is 1. The zero-order valence-corrected chi connectivity index (χ0v) is 14.3. The topological polar surface area (TPSA) is 37.4 Å². The minimum absolute atomic E-state index is 0.130. The van der Waals surface area contributed by atoms with E-state index in [0.29, 0.717) is 3.79 Å². The van der Waals surface area contributed by atoms with Crippen molar-refractivity contribution < 1.29 is 12.8 Å². The summed E-state index contributed by atoms with van der Waals surface area (Å²) >= 11 is 10.2. The van der Waals surface area contributed by atoms with Gasteiger partial charge in [0.05, 0.1) is 15.4 Å². The third kappa shape index (κ3) is 3.00. The molecule has 3 nitrogen and oxygen atoms in total. The first-order valence-corrected chi connectivity index (χ1v) is 9.03. The van der Waals surface area contributed by atoms with Crippen molar-refractivity contribution in [2.75, 3.05) is 11.4 Å². The van der Waals surface area contributed by atoms with Gasteiger partial charge in [-0.1, -0.05) is 6.07 Å². The number of thiophene rings is 1. The van der Waals surface area contributed by atoms with Crippen molar-refractivity contribution in [2.45, 2.75) is 10.8 Å². The average Bonchev–Trinajstić information content (AvgIpc) is 2.80. The number of anilines is 1. The van der Waals surface area contributed by atoms with Crippen molar-refractivity contribution in [3.63, 3.8) is 0 Å². The molecule has 8 heteroatoms. The maximum atomic E-state index is 13.2. The molecular weight excluding hydrogens is 389 g/mol. The lowest BCUT2D eigenvalue weighted by atomic mass is 10.3. The SMILES string of the molecule is CN(c1cccc(F)c1)S(=O)(=O)c1cc(CCl)sc1Br. The van der Waals surface area contributed by atoms with Crippen LogP contribution in [0.15, 0.2) is 39.0 Å². The molecule has 1 heterocycles. The Morgan fingerprint density at radius 2 is 2.10 bits per heavy atom. The summed E-state index contributed by atoms with van der Waals surface area (Å²) in [6.07, 6.45) is 0. The summed E-state index contributed by atoms with van der Waals surface area (Å²) in [5.41, 5.74) is 0.260. The fourth-order valence-electron chi connectivity index (χ4n) is 1.60. The lowest BCUT2D eigenvalue weighted by Crippen LogP contribution is -2.26. The first-order valence-electron chi connectivity index (χ1n) is 5.45. The highest BCUT2D eigenvalue weighted by molar-refractivity contribution is 9.11. The predicted octanol–water partition coefficient (Wildman–Crippen LogP) is 4.21. The van der Waals surface area contributed by atoms with E-state index in [1.54, 1.807) is 0 Å². The molecule has 0 saturated heterocycles. The summed E-state index contributed by atoms with van der Waals surface area (Å²) in [6, 6.07) is 6.94. The molecule has 0 aliphatic rings. The monoisotopic (exact) mass is 397 g/mol. The molecule has 0 aliphatic heterocycles. The van der Waals surface area contributed by atoms with Gasteiger partial charge in [-0.3, -0.25) is 4.31 Å². The Kier molecular flexibility index (Phi) is 4.73. The van der Waals surface area contributed by atoms with E-state index in [9.17, 15) is 12.8 Å². The number of benzene rings is 1. The molecule has 1 aromatic carbocycles. The normalized spacial score (nSPS) is 11.6. The van der Waals surface area contributed by atoms with Gasteiger partial charge in [0.2, 0.25) is 0 Å². The summed E-state index contributed by atoms with van der Waals surface area (Å²) in [5, 5.41) is 0. The second kappa shape index (κ2) is 6.01. The second-order valence-corrected chi connectivity index (χ2v) is 8.60. The largest absolute Gasteiger partial charge is 0.269 e. The van der Waals surface area contributed by atoms with Crippen molar-refractivity contribution in [1.29, 1.82) is 0 Å². The van der Waals surface area contributed by atoms with E-state index in [4.69, 9.17) is 11.6 Å². The summed E-state index contributed by atoms with van der Waals surface area (Å²) in [5.74, 6) is -0.252. The molecule has 0 aliphatic carbocycles. The van der Waals surface area contributed by atoms with Gasteiger partial charge >= 0.3 is 0 Å². The molecular formula is C12H10BrClFNO2S2. The third-order valence-corrected chi connectivity index (χ3v) is 7.13. The van der Waals surface area contributed by atoms with E-state index in [0.717, 1.165) is 9.18 Å². The van der Waals surface area contributed by atoms with Crippen LogP contribution >= 0.6 is 38.9 Å². The zero-order chi connectivity index (χ0) is 14.9. The fraction of sp³-hybridized carbons (Fsp3) is 0.167. The van der Waals surface area contributed by atoms with Gasteiger partial charge in [-0.05, 0) is 40.2 Å². The first kappa shape index (κ1) is 15.8. The third-order valence-electron chi connectivity index (χ3n) is 2.65. The Morgan fingerprint density at radius 3 is 2.65 bits per heavy atom. The molecule has 0 amide bonds. The molecule has 20 heavy (non-hydrogen) atoms. The first-order chi connectivity index (χ1) is 9.36. The summed E-state index contributed by atoms with van der Waals surface area (Å²) in [6.45, 7) is 0. The zero-order valence-electron chi connectivity index (χ0n) is 10.3. The van der Waals surface area contributed by atoms with E-state index >= 15 is 0 Å². The molecule has 0 radical (unpaired) electrons. The molecule has 0 saturated carbocycles. The van der Waals surface area contributed by atoms with Crippen LogP contribution in [0.2, 0.25) is 0 Å². The van der Waals surface area contributed by atoms with Gasteiger partial charge in [-0.2, -0.15) is 0 Å². The Balaban J connectivity index is 2.46. The van der Waals surface area contributed by atoms with Crippen molar-refractivity contribution in [1.82, 2.24) is 0 Å². The highest BCUT2D eigenvalue weighted by Crippen LogP contribution is 2.35. The highest BCUT2D eigenvalue weighted by Gasteiger charge is 2.26. The smallest absolute Gasteiger partial charge is 0.266 e. The van der Waals surface area contributed by atoms with Gasteiger partial charge in [0, 0.05) is 11.9 Å². The number of nitrogens with zero attached hydrogens (tertiary/aromatic N) is 1. The number of alkyl halides is 1. The van der Waals surface area contributed by atoms with Crippen LogP contribution in [0.1, 0.15) is 4.88 Å². The van der Waals surface area contributed by atoms with Gasteiger partial charge in [-0.25, -0.2) is 12.8 Å². The molecule has 0 N–H and O–H groups in total. The fourth-order valence-corrected chi connectivity index (χ4v) is 5.51. The minimum Gasteiger partial charge on any atom is -0.269 e. The number of hydrogen-bond donors (Lipinski definition) is 0. The highest BCUT2D eigenvalue weighted by atomic mass is 79.9. The van der Waals surface area contributed by atoms with E-state index in [-0.39, 0.29) is 16.5 Å². The van der Waals surface area contributed by atoms with Crippen LogP contribution in [-0.2, 0) is 15.9 Å². The van der Waals surface area contributed by atoms with Crippen LogP contribution in [-0.4, -0.2) is 15.5 Å². The Bertz CT molecular complexity index is 733. The van der Waals surface area contributed by atoms with E-state index in [1.165, 1.54) is 48.7 Å². The molecule has 0 bridgehead atoms. The average molecular weight is 399 g/mol. The summed E-state index contributed by atoms with van der Waals surface area (Å²) in [7, 11) is -2.37. The molecule has 0 spiro atoms. The lowest BCUT2D eigenvalue weighted by Gasteiger charge is -2.19. The quantitative estimate of drug-likeness (QED) is 0.723. The number of rotatable bonds is 4. The van der Waals surface area contributed by atoms with Crippen molar-refractivity contribution in [3.05, 3.63) is 44.8 Å². The van der Waals surface area contributed by atoms with Crippen LogP contribution < -0.4 is 4.31 Å². The van der Waals surface area contributed by atoms with Gasteiger partial charge < -0.3 is 0 Å². The van der Waals surface area contributed by atoms with Crippen molar-refractivity contribution in [3.8, 4) is 0 Å². The number of hydrogen-bond acceptors (Lipinski definition) is 3. The Hall–Kier alpha value is -0.630. The maximum absolute atomic E-state index is 13.2. The van der Waals surface area contributed by atoms with Crippen molar-refractivity contribution in [2.24, 2.45) is 0 Å². The molecule has 2 aromatic rings. The van der Waals surface area contributed by atoms with Gasteiger partial charge in [0.1, 0.15) is 10.7 Å². The van der Waals surface area contributed by atoms with Crippen LogP contribution in [0.4, 0.5) is 10.1 Å². The predicted molar refractivity (Wildman–Crippen MR) is 83.6 cm³/mol. The summed E-state index contributed by atoms with van der Waals surface area (Å²) in [4.78, 5) is 0.870. The van der Waals surface area contributed by atoms with Crippen LogP contribution in [0.5, 0.6) is 0 Å². The molecule has 108 valence electrons. The number of halogens is 3. The van der Waals surface area contributed by atoms with Gasteiger partial charge in [0.25, 0.3) is 10.0 Å². The maximum Gasteiger partial charge on any atom is 0.266 e. The molecule has 0 atom stereocenters. The van der Waals surface area contributed by atoms with Gasteiger partial charge in [-0.15, -0.1) is 22.9 Å².